The molecule has 2 N–H and O–H groups in total. The van der Waals surface area contributed by atoms with E-state index in [1.807, 2.05) is 0 Å². The Morgan fingerprint density at radius 1 is 1.60 bits per heavy atom. The molecule has 4 nitrogen and oxygen atoms in total. The van der Waals surface area contributed by atoms with Crippen molar-refractivity contribution in [3.8, 4) is 12.3 Å². The van der Waals surface area contributed by atoms with Gasteiger partial charge in [0.25, 0.3) is 0 Å². The second-order valence-electron chi connectivity index (χ2n) is 5.36. The lowest BCUT2D eigenvalue weighted by atomic mass is 9.73. The Morgan fingerprint density at radius 2 is 2.25 bits per heavy atom. The molecule has 20 heavy (non-hydrogen) atoms. The van der Waals surface area contributed by atoms with Gasteiger partial charge in [-0.05, 0) is 26.2 Å². The third-order valence-corrected chi connectivity index (χ3v) is 4.18. The number of carbonyl (C=O) groups excluding carboxylic acids is 1. The van der Waals surface area contributed by atoms with Crippen molar-refractivity contribution in [3.05, 3.63) is 0 Å². The van der Waals surface area contributed by atoms with Crippen molar-refractivity contribution in [3.63, 3.8) is 0 Å². The van der Waals surface area contributed by atoms with Gasteiger partial charge >= 0.3 is 12.2 Å². The van der Waals surface area contributed by atoms with Crippen LogP contribution in [0.5, 0.6) is 0 Å². The van der Waals surface area contributed by atoms with Crippen molar-refractivity contribution in [2.24, 2.45) is 16.6 Å². The molecule has 1 fully saturated rings. The molecule has 1 heterocycles. The number of terminal acetylenes is 1. The highest BCUT2D eigenvalue weighted by Crippen LogP contribution is 2.46. The third kappa shape index (κ3) is 2.13. The summed E-state index contributed by atoms with van der Waals surface area (Å²) in [6, 6.07) is -1.28. The molecule has 3 atom stereocenters. The van der Waals surface area contributed by atoms with Gasteiger partial charge in [0.2, 0.25) is 0 Å². The summed E-state index contributed by atoms with van der Waals surface area (Å²) in [5.41, 5.74) is 4.60. The fourth-order valence-corrected chi connectivity index (χ4v) is 3.16. The lowest BCUT2D eigenvalue weighted by Crippen LogP contribution is -2.60. The molecule has 1 saturated carbocycles. The normalized spacial score (nSPS) is 32.1. The maximum absolute atomic E-state index is 13.0. The molecule has 7 heteroatoms. The number of nitrogens with two attached hydrogens (primary N) is 1. The Kier molecular flexibility index (Phi) is 3.44. The van der Waals surface area contributed by atoms with Crippen LogP contribution < -0.4 is 5.73 Å². The van der Waals surface area contributed by atoms with Crippen molar-refractivity contribution in [1.29, 1.82) is 0 Å². The summed E-state index contributed by atoms with van der Waals surface area (Å²) in [4.78, 5) is 16.8. The van der Waals surface area contributed by atoms with Gasteiger partial charge in [-0.1, -0.05) is 12.3 Å². The van der Waals surface area contributed by atoms with Crippen molar-refractivity contribution in [2.75, 3.05) is 0 Å². The fraction of sp³-hybridized carbons (Fsp3) is 0.692. The van der Waals surface area contributed by atoms with Crippen molar-refractivity contribution < 1.29 is 18.0 Å². The van der Waals surface area contributed by atoms with E-state index >= 15 is 0 Å². The van der Waals surface area contributed by atoms with Crippen LogP contribution in [-0.2, 0) is 0 Å². The van der Waals surface area contributed by atoms with E-state index in [4.69, 9.17) is 12.2 Å². The molecule has 1 spiro atoms. The molecule has 0 radical (unpaired) electrons. The first-order chi connectivity index (χ1) is 9.22. The zero-order valence-electron chi connectivity index (χ0n) is 11.1. The number of aliphatic imine (C=N–C) groups is 1. The topological polar surface area (TPSA) is 58.7 Å². The minimum Gasteiger partial charge on any atom is -0.385 e. The lowest BCUT2D eigenvalue weighted by Gasteiger charge is -2.45. The van der Waals surface area contributed by atoms with E-state index < -0.39 is 29.7 Å². The average molecular weight is 287 g/mol. The highest BCUT2D eigenvalue weighted by molar-refractivity contribution is 6.06. The van der Waals surface area contributed by atoms with Gasteiger partial charge in [-0.2, -0.15) is 18.2 Å². The Labute approximate surface area is 115 Å². The molecule has 0 aromatic rings. The first-order valence-electron chi connectivity index (χ1n) is 6.43. The number of hydrogen-bond acceptors (Lipinski definition) is 2. The summed E-state index contributed by atoms with van der Waals surface area (Å²) >= 11 is 0. The van der Waals surface area contributed by atoms with Crippen molar-refractivity contribution >= 4 is 11.9 Å². The molecule has 1 aliphatic carbocycles. The van der Waals surface area contributed by atoms with E-state index in [2.05, 4.69) is 10.9 Å². The summed E-state index contributed by atoms with van der Waals surface area (Å²) in [5, 5.41) is 0. The molecule has 0 aromatic carbocycles. The Balaban J connectivity index is 2.38. The third-order valence-electron chi connectivity index (χ3n) is 4.18. The van der Waals surface area contributed by atoms with Crippen LogP contribution in [0.15, 0.2) is 4.99 Å². The Hall–Kier alpha value is -1.71. The zero-order chi connectivity index (χ0) is 15.1. The second kappa shape index (κ2) is 4.69. The first-order valence-corrected chi connectivity index (χ1v) is 6.43. The monoisotopic (exact) mass is 287 g/mol. The number of alkyl halides is 3. The fourth-order valence-electron chi connectivity index (χ4n) is 3.16. The highest BCUT2D eigenvalue weighted by atomic mass is 19.4. The van der Waals surface area contributed by atoms with Crippen molar-refractivity contribution in [2.45, 2.75) is 50.4 Å². The van der Waals surface area contributed by atoms with Crippen LogP contribution in [0.4, 0.5) is 18.0 Å². The van der Waals surface area contributed by atoms with E-state index in [0.29, 0.717) is 12.8 Å². The number of urea groups is 1. The van der Waals surface area contributed by atoms with Crippen LogP contribution >= 0.6 is 0 Å². The van der Waals surface area contributed by atoms with Gasteiger partial charge in [-0.15, -0.1) is 6.42 Å². The number of halogens is 3. The number of amidine groups is 1. The molecule has 3 unspecified atom stereocenters. The number of hydrogen-bond donors (Lipinski definition) is 1. The summed E-state index contributed by atoms with van der Waals surface area (Å²) in [6.45, 7) is 1.59. The second-order valence-corrected chi connectivity index (χ2v) is 5.36. The van der Waals surface area contributed by atoms with E-state index in [-0.39, 0.29) is 18.7 Å². The maximum atomic E-state index is 13.0. The van der Waals surface area contributed by atoms with Crippen LogP contribution in [0.25, 0.3) is 0 Å². The average Bonchev–Trinajstić information content (AvgIpc) is 2.59. The van der Waals surface area contributed by atoms with Gasteiger partial charge in [-0.25, -0.2) is 4.79 Å². The molecule has 0 saturated heterocycles. The zero-order valence-corrected chi connectivity index (χ0v) is 11.1. The van der Waals surface area contributed by atoms with Crippen LogP contribution in [0, 0.1) is 18.3 Å². The molecular weight excluding hydrogens is 271 g/mol. The molecule has 0 aromatic heterocycles. The summed E-state index contributed by atoms with van der Waals surface area (Å²) in [7, 11) is 0. The summed E-state index contributed by atoms with van der Waals surface area (Å²) in [5.74, 6) is 0.852. The molecule has 2 amide bonds. The van der Waals surface area contributed by atoms with Crippen LogP contribution in [-0.4, -0.2) is 34.5 Å². The quantitative estimate of drug-likeness (QED) is 0.752. The number of carbonyl (C=O) groups is 1. The van der Waals surface area contributed by atoms with Gasteiger partial charge in [0.1, 0.15) is 11.4 Å². The first kappa shape index (κ1) is 14.7. The standard InChI is InChI=1S/C13H16F3N3O/c1-3-8(2)19-11(20)18-10(17)12(19)6-4-5-9(7-12)13(14,15)16/h1,8-9H,4-7H2,2H3,(H2,17,18,20). The molecule has 1 aliphatic heterocycles. The van der Waals surface area contributed by atoms with E-state index in [0.717, 1.165) is 0 Å². The molecular formula is C13H16F3N3O. The summed E-state index contributed by atoms with van der Waals surface area (Å²) < 4.78 is 39.0. The Bertz CT molecular complexity index is 494. The van der Waals surface area contributed by atoms with Gasteiger partial charge in [0.15, 0.2) is 0 Å². The van der Waals surface area contributed by atoms with E-state index in [9.17, 15) is 18.0 Å². The predicted octanol–water partition coefficient (Wildman–Crippen LogP) is 2.29. The minimum atomic E-state index is -4.30. The van der Waals surface area contributed by atoms with Crippen LogP contribution in [0.2, 0.25) is 0 Å². The van der Waals surface area contributed by atoms with E-state index in [1.54, 1.807) is 6.92 Å². The SMILES string of the molecule is C#CC(C)N1C(=O)N=C(N)C12CCCC(C(F)(F)F)C2. The number of rotatable bonds is 1. The molecule has 110 valence electrons. The molecule has 2 aliphatic rings. The van der Waals surface area contributed by atoms with Gasteiger partial charge < -0.3 is 5.73 Å². The van der Waals surface area contributed by atoms with E-state index in [1.165, 1.54) is 4.90 Å². The molecule has 2 rings (SSSR count). The number of nitrogens with zero attached hydrogens (tertiary/aromatic N) is 2. The van der Waals surface area contributed by atoms with Gasteiger partial charge in [0.05, 0.1) is 12.0 Å². The van der Waals surface area contributed by atoms with Gasteiger partial charge in [0, 0.05) is 0 Å². The summed E-state index contributed by atoms with van der Waals surface area (Å²) in [6.07, 6.45) is 1.50. The van der Waals surface area contributed by atoms with Crippen LogP contribution in [0.1, 0.15) is 32.6 Å². The minimum absolute atomic E-state index is 0.0430. The smallest absolute Gasteiger partial charge is 0.385 e. The van der Waals surface area contributed by atoms with Crippen molar-refractivity contribution in [1.82, 2.24) is 4.90 Å². The molecule has 0 bridgehead atoms. The predicted molar refractivity (Wildman–Crippen MR) is 67.9 cm³/mol. The van der Waals surface area contributed by atoms with Gasteiger partial charge in [-0.3, -0.25) is 4.90 Å². The lowest BCUT2D eigenvalue weighted by molar-refractivity contribution is -0.188. The highest BCUT2D eigenvalue weighted by Gasteiger charge is 2.56. The largest absolute Gasteiger partial charge is 0.391 e. The maximum Gasteiger partial charge on any atom is 0.391 e. The number of amides is 2. The Morgan fingerprint density at radius 3 is 2.80 bits per heavy atom. The van der Waals surface area contributed by atoms with Crippen LogP contribution in [0.3, 0.4) is 0 Å².